The normalized spacial score (nSPS) is 14.4. The molecule has 126 valence electrons. The van der Waals surface area contributed by atoms with Crippen molar-refractivity contribution < 1.29 is 4.74 Å². The first kappa shape index (κ1) is 15.6. The van der Waals surface area contributed by atoms with Gasteiger partial charge >= 0.3 is 0 Å². The molecule has 1 N–H and O–H groups in total. The predicted octanol–water partition coefficient (Wildman–Crippen LogP) is 3.22. The molecular weight excluding hydrogens is 312 g/mol. The third-order valence-electron chi connectivity index (χ3n) is 4.40. The molecule has 5 nitrogen and oxygen atoms in total. The molecule has 1 unspecified atom stereocenters. The first-order valence-corrected chi connectivity index (χ1v) is 8.38. The van der Waals surface area contributed by atoms with Crippen LogP contribution in [-0.2, 0) is 6.54 Å². The minimum atomic E-state index is 0.238. The number of imidazole rings is 1. The van der Waals surface area contributed by atoms with Gasteiger partial charge in [0.25, 0.3) is 0 Å². The van der Waals surface area contributed by atoms with Gasteiger partial charge in [0.05, 0.1) is 0 Å². The standard InChI is InChI=1S/C20H20N4O/c1-15(18-10-17-4-2-3-5-19(17)25-13-18)22-11-16-6-7-20(23-12-16)24-9-8-21-14-24/h2-10,12,14-15,22H,11,13H2,1H3. The number of hydrogen-bond acceptors (Lipinski definition) is 4. The summed E-state index contributed by atoms with van der Waals surface area (Å²) in [7, 11) is 0. The number of ether oxygens (including phenoxy) is 1. The maximum Gasteiger partial charge on any atom is 0.137 e. The highest BCUT2D eigenvalue weighted by Crippen LogP contribution is 2.26. The molecule has 4 rings (SSSR count). The van der Waals surface area contributed by atoms with Crippen LogP contribution < -0.4 is 10.1 Å². The van der Waals surface area contributed by atoms with Crippen LogP contribution >= 0.6 is 0 Å². The summed E-state index contributed by atoms with van der Waals surface area (Å²) in [4.78, 5) is 8.53. The van der Waals surface area contributed by atoms with Crippen molar-refractivity contribution in [3.63, 3.8) is 0 Å². The lowest BCUT2D eigenvalue weighted by Gasteiger charge is -2.23. The number of fused-ring (bicyclic) bond motifs is 1. The Morgan fingerprint density at radius 1 is 1.24 bits per heavy atom. The summed E-state index contributed by atoms with van der Waals surface area (Å²) in [6, 6.07) is 12.5. The fraction of sp³-hybridized carbons (Fsp3) is 0.200. The minimum Gasteiger partial charge on any atom is -0.489 e. The van der Waals surface area contributed by atoms with Crippen molar-refractivity contribution in [2.24, 2.45) is 0 Å². The smallest absolute Gasteiger partial charge is 0.137 e. The van der Waals surface area contributed by atoms with Gasteiger partial charge in [-0.1, -0.05) is 24.3 Å². The molecule has 0 radical (unpaired) electrons. The Balaban J connectivity index is 1.39. The van der Waals surface area contributed by atoms with Crippen molar-refractivity contribution in [1.29, 1.82) is 0 Å². The van der Waals surface area contributed by atoms with E-state index in [-0.39, 0.29) is 6.04 Å². The van der Waals surface area contributed by atoms with E-state index in [1.54, 1.807) is 12.5 Å². The Kier molecular flexibility index (Phi) is 4.31. The monoisotopic (exact) mass is 332 g/mol. The van der Waals surface area contributed by atoms with E-state index in [9.17, 15) is 0 Å². The third-order valence-corrected chi connectivity index (χ3v) is 4.40. The van der Waals surface area contributed by atoms with E-state index < -0.39 is 0 Å². The van der Waals surface area contributed by atoms with Gasteiger partial charge in [-0.2, -0.15) is 0 Å². The van der Waals surface area contributed by atoms with Crippen molar-refractivity contribution in [3.8, 4) is 11.6 Å². The predicted molar refractivity (Wildman–Crippen MR) is 97.6 cm³/mol. The molecule has 1 atom stereocenters. The SMILES string of the molecule is CC(NCc1ccc(-n2ccnc2)nc1)C1=Cc2ccccc2OC1. The molecule has 25 heavy (non-hydrogen) atoms. The molecule has 5 heteroatoms. The molecule has 0 amide bonds. The fourth-order valence-corrected chi connectivity index (χ4v) is 2.85. The van der Waals surface area contributed by atoms with E-state index in [0.29, 0.717) is 6.61 Å². The maximum atomic E-state index is 5.84. The van der Waals surface area contributed by atoms with Crippen LogP contribution in [0.25, 0.3) is 11.9 Å². The molecule has 0 saturated carbocycles. The van der Waals surface area contributed by atoms with Crippen LogP contribution in [0.1, 0.15) is 18.1 Å². The van der Waals surface area contributed by atoms with E-state index in [2.05, 4.69) is 40.4 Å². The highest BCUT2D eigenvalue weighted by Gasteiger charge is 2.15. The van der Waals surface area contributed by atoms with E-state index in [1.165, 1.54) is 5.57 Å². The Labute approximate surface area is 147 Å². The molecule has 0 saturated heterocycles. The van der Waals surface area contributed by atoms with Crippen LogP contribution in [0.2, 0.25) is 0 Å². The molecule has 1 aliphatic rings. The van der Waals surface area contributed by atoms with Crippen LogP contribution in [0, 0.1) is 0 Å². The van der Waals surface area contributed by atoms with E-state index in [0.717, 1.165) is 29.2 Å². The molecule has 1 aromatic carbocycles. The van der Waals surface area contributed by atoms with E-state index in [4.69, 9.17) is 4.74 Å². The van der Waals surface area contributed by atoms with Gasteiger partial charge in [0.15, 0.2) is 0 Å². The Morgan fingerprint density at radius 3 is 2.96 bits per heavy atom. The Morgan fingerprint density at radius 2 is 2.16 bits per heavy atom. The number of nitrogens with zero attached hydrogens (tertiary/aromatic N) is 3. The summed E-state index contributed by atoms with van der Waals surface area (Å²) in [5.41, 5.74) is 3.54. The third kappa shape index (κ3) is 3.46. The summed E-state index contributed by atoms with van der Waals surface area (Å²) >= 11 is 0. The number of rotatable bonds is 5. The second-order valence-electron chi connectivity index (χ2n) is 6.14. The zero-order valence-electron chi connectivity index (χ0n) is 14.1. The molecule has 2 aromatic heterocycles. The first-order chi connectivity index (χ1) is 12.3. The highest BCUT2D eigenvalue weighted by atomic mass is 16.5. The number of benzene rings is 1. The van der Waals surface area contributed by atoms with Crippen molar-refractivity contribution in [2.75, 3.05) is 6.61 Å². The van der Waals surface area contributed by atoms with E-state index >= 15 is 0 Å². The zero-order valence-corrected chi connectivity index (χ0v) is 14.1. The maximum absolute atomic E-state index is 5.84. The Hall–Kier alpha value is -2.92. The first-order valence-electron chi connectivity index (χ1n) is 8.38. The van der Waals surface area contributed by atoms with Crippen LogP contribution in [0.15, 0.2) is 66.9 Å². The topological polar surface area (TPSA) is 52.0 Å². The lowest BCUT2D eigenvalue weighted by molar-refractivity contribution is 0.334. The minimum absolute atomic E-state index is 0.238. The zero-order chi connectivity index (χ0) is 17.1. The van der Waals surface area contributed by atoms with Crippen molar-refractivity contribution in [2.45, 2.75) is 19.5 Å². The fourth-order valence-electron chi connectivity index (χ4n) is 2.85. The van der Waals surface area contributed by atoms with Gasteiger partial charge in [-0.25, -0.2) is 9.97 Å². The molecule has 0 aliphatic carbocycles. The van der Waals surface area contributed by atoms with E-state index in [1.807, 2.05) is 41.2 Å². The molecule has 0 fully saturated rings. The van der Waals surface area contributed by atoms with Crippen LogP contribution in [0.3, 0.4) is 0 Å². The largest absolute Gasteiger partial charge is 0.489 e. The molecule has 3 heterocycles. The van der Waals surface area contributed by atoms with Crippen LogP contribution in [0.5, 0.6) is 5.75 Å². The summed E-state index contributed by atoms with van der Waals surface area (Å²) in [5, 5.41) is 3.55. The number of para-hydroxylation sites is 1. The van der Waals surface area contributed by atoms with Gasteiger partial charge in [-0.05, 0) is 36.3 Å². The second-order valence-corrected chi connectivity index (χ2v) is 6.14. The van der Waals surface area contributed by atoms with Crippen molar-refractivity contribution >= 4 is 6.08 Å². The summed E-state index contributed by atoms with van der Waals surface area (Å²) < 4.78 is 7.73. The van der Waals surface area contributed by atoms with Crippen LogP contribution in [0.4, 0.5) is 0 Å². The van der Waals surface area contributed by atoms with Crippen molar-refractivity contribution in [3.05, 3.63) is 78.0 Å². The van der Waals surface area contributed by atoms with Gasteiger partial charge in [0.2, 0.25) is 0 Å². The van der Waals surface area contributed by atoms with Gasteiger partial charge in [-0.3, -0.25) is 4.57 Å². The summed E-state index contributed by atoms with van der Waals surface area (Å²) in [6.45, 7) is 3.55. The molecule has 1 aliphatic heterocycles. The lowest BCUT2D eigenvalue weighted by atomic mass is 10.0. The second kappa shape index (κ2) is 6.91. The molecule has 3 aromatic rings. The van der Waals surface area contributed by atoms with Gasteiger partial charge < -0.3 is 10.1 Å². The van der Waals surface area contributed by atoms with Crippen molar-refractivity contribution in [1.82, 2.24) is 19.9 Å². The summed E-state index contributed by atoms with van der Waals surface area (Å²) in [5.74, 6) is 1.83. The average Bonchev–Trinajstić information content (AvgIpc) is 3.21. The quantitative estimate of drug-likeness (QED) is 0.779. The molecule has 0 spiro atoms. The van der Waals surface area contributed by atoms with Gasteiger partial charge in [0.1, 0.15) is 24.5 Å². The highest BCUT2D eigenvalue weighted by molar-refractivity contribution is 5.62. The number of hydrogen-bond donors (Lipinski definition) is 1. The molecular formula is C20H20N4O. The number of aromatic nitrogens is 3. The number of nitrogens with one attached hydrogen (secondary N) is 1. The number of pyridine rings is 1. The summed E-state index contributed by atoms with van der Waals surface area (Å²) in [6.07, 6.45) is 9.50. The lowest BCUT2D eigenvalue weighted by Crippen LogP contribution is -2.30. The average molecular weight is 332 g/mol. The molecule has 0 bridgehead atoms. The Bertz CT molecular complexity index is 869. The van der Waals surface area contributed by atoms with Crippen LogP contribution in [-0.4, -0.2) is 27.2 Å². The van der Waals surface area contributed by atoms with Gasteiger partial charge in [-0.15, -0.1) is 0 Å². The van der Waals surface area contributed by atoms with Gasteiger partial charge in [0, 0.05) is 36.7 Å².